The van der Waals surface area contributed by atoms with Gasteiger partial charge < -0.3 is 21.5 Å². The zero-order valence-electron chi connectivity index (χ0n) is 12.0. The summed E-state index contributed by atoms with van der Waals surface area (Å²) in [7, 11) is 0. The predicted molar refractivity (Wildman–Crippen MR) is 79.2 cm³/mol. The molecule has 0 unspecified atom stereocenters. The molecule has 0 aliphatic carbocycles. The number of nitrogens with zero attached hydrogens (tertiary/aromatic N) is 2. The Kier molecular flexibility index (Phi) is 5.82. The molecule has 6 nitrogen and oxygen atoms in total. The van der Waals surface area contributed by atoms with Crippen LogP contribution < -0.4 is 16.4 Å². The summed E-state index contributed by atoms with van der Waals surface area (Å²) in [5.41, 5.74) is 4.96. The maximum absolute atomic E-state index is 10.2. The molecule has 1 rings (SSSR count). The van der Waals surface area contributed by atoms with Gasteiger partial charge in [0, 0.05) is 19.2 Å². The van der Waals surface area contributed by atoms with Gasteiger partial charge in [0.15, 0.2) is 0 Å². The molecule has 0 aromatic carbocycles. The molecule has 1 aromatic rings. The summed E-state index contributed by atoms with van der Waals surface area (Å²) in [5.74, 6) is 1.56. The standard InChI is InChI=1S/C13H25N5O/c1-4-7-15-10-8-11(18-12(14)17-10)16-9-13(19,5-2)6-3/h8,19H,4-7,9H2,1-3H3,(H4,14,15,16,17,18). The lowest BCUT2D eigenvalue weighted by atomic mass is 9.98. The summed E-state index contributed by atoms with van der Waals surface area (Å²) in [4.78, 5) is 8.23. The maximum Gasteiger partial charge on any atom is 0.223 e. The van der Waals surface area contributed by atoms with Crippen molar-refractivity contribution in [1.29, 1.82) is 0 Å². The molecule has 0 saturated heterocycles. The van der Waals surface area contributed by atoms with Crippen LogP contribution in [0.3, 0.4) is 0 Å². The van der Waals surface area contributed by atoms with Crippen molar-refractivity contribution in [2.24, 2.45) is 0 Å². The lowest BCUT2D eigenvalue weighted by molar-refractivity contribution is 0.0456. The molecule has 0 amide bonds. The summed E-state index contributed by atoms with van der Waals surface area (Å²) in [6.45, 7) is 7.30. The van der Waals surface area contributed by atoms with Crippen LogP contribution in [0.15, 0.2) is 6.07 Å². The highest BCUT2D eigenvalue weighted by atomic mass is 16.3. The molecule has 0 fully saturated rings. The number of nitrogens with two attached hydrogens (primary N) is 1. The highest BCUT2D eigenvalue weighted by molar-refractivity contribution is 5.51. The van der Waals surface area contributed by atoms with E-state index in [0.29, 0.717) is 31.0 Å². The predicted octanol–water partition coefficient (Wildman–Crippen LogP) is 1.84. The van der Waals surface area contributed by atoms with Gasteiger partial charge in [-0.05, 0) is 19.3 Å². The number of anilines is 3. The van der Waals surface area contributed by atoms with Crippen molar-refractivity contribution >= 4 is 17.6 Å². The third-order valence-corrected chi connectivity index (χ3v) is 3.21. The van der Waals surface area contributed by atoms with E-state index in [0.717, 1.165) is 13.0 Å². The second kappa shape index (κ2) is 7.13. The maximum atomic E-state index is 10.2. The van der Waals surface area contributed by atoms with Crippen molar-refractivity contribution in [2.45, 2.75) is 45.6 Å². The minimum atomic E-state index is -0.712. The van der Waals surface area contributed by atoms with Gasteiger partial charge in [0.1, 0.15) is 11.6 Å². The van der Waals surface area contributed by atoms with Crippen LogP contribution in [0.1, 0.15) is 40.0 Å². The van der Waals surface area contributed by atoms with E-state index in [9.17, 15) is 5.11 Å². The van der Waals surface area contributed by atoms with Crippen molar-refractivity contribution in [3.05, 3.63) is 6.07 Å². The van der Waals surface area contributed by atoms with E-state index in [2.05, 4.69) is 27.5 Å². The molecule has 1 heterocycles. The average molecular weight is 267 g/mol. The largest absolute Gasteiger partial charge is 0.388 e. The zero-order chi connectivity index (χ0) is 14.3. The fraction of sp³-hybridized carbons (Fsp3) is 0.692. The van der Waals surface area contributed by atoms with Gasteiger partial charge in [-0.1, -0.05) is 20.8 Å². The molecule has 19 heavy (non-hydrogen) atoms. The Balaban J connectivity index is 2.70. The fourth-order valence-corrected chi connectivity index (χ4v) is 1.66. The van der Waals surface area contributed by atoms with Crippen LogP contribution in [-0.4, -0.2) is 33.8 Å². The lowest BCUT2D eigenvalue weighted by Gasteiger charge is -2.25. The van der Waals surface area contributed by atoms with Crippen molar-refractivity contribution < 1.29 is 5.11 Å². The number of aromatic nitrogens is 2. The number of nitrogens with one attached hydrogen (secondary N) is 2. The molecule has 1 aromatic heterocycles. The first kappa shape index (κ1) is 15.5. The Morgan fingerprint density at radius 1 is 1.16 bits per heavy atom. The van der Waals surface area contributed by atoms with E-state index >= 15 is 0 Å². The number of nitrogen functional groups attached to an aromatic ring is 1. The second-order valence-electron chi connectivity index (χ2n) is 4.71. The average Bonchev–Trinajstić information content (AvgIpc) is 2.42. The number of rotatable bonds is 8. The molecular formula is C13H25N5O. The number of aliphatic hydroxyl groups is 1. The first-order chi connectivity index (χ1) is 9.03. The molecule has 0 spiro atoms. The summed E-state index contributed by atoms with van der Waals surface area (Å²) in [6.07, 6.45) is 2.40. The number of hydrogen-bond acceptors (Lipinski definition) is 6. The van der Waals surface area contributed by atoms with Gasteiger partial charge in [-0.2, -0.15) is 9.97 Å². The SMILES string of the molecule is CCCNc1cc(NCC(O)(CC)CC)nc(N)n1. The first-order valence-electron chi connectivity index (χ1n) is 6.87. The molecular weight excluding hydrogens is 242 g/mol. The monoisotopic (exact) mass is 267 g/mol. The topological polar surface area (TPSA) is 96.1 Å². The molecule has 108 valence electrons. The van der Waals surface area contributed by atoms with Crippen molar-refractivity contribution in [3.63, 3.8) is 0 Å². The van der Waals surface area contributed by atoms with Crippen molar-refractivity contribution in [1.82, 2.24) is 9.97 Å². The van der Waals surface area contributed by atoms with E-state index in [-0.39, 0.29) is 5.95 Å². The quantitative estimate of drug-likeness (QED) is 0.574. The fourth-order valence-electron chi connectivity index (χ4n) is 1.66. The smallest absolute Gasteiger partial charge is 0.223 e. The summed E-state index contributed by atoms with van der Waals surface area (Å²) in [6, 6.07) is 1.80. The van der Waals surface area contributed by atoms with E-state index in [1.54, 1.807) is 6.07 Å². The Hall–Kier alpha value is -1.56. The summed E-state index contributed by atoms with van der Waals surface area (Å²) < 4.78 is 0. The third-order valence-electron chi connectivity index (χ3n) is 3.21. The molecule has 6 heteroatoms. The Morgan fingerprint density at radius 2 is 1.74 bits per heavy atom. The van der Waals surface area contributed by atoms with Gasteiger partial charge in [-0.25, -0.2) is 0 Å². The van der Waals surface area contributed by atoms with E-state index in [1.807, 2.05) is 13.8 Å². The van der Waals surface area contributed by atoms with Crippen LogP contribution in [0.25, 0.3) is 0 Å². The van der Waals surface area contributed by atoms with Crippen LogP contribution in [0.4, 0.5) is 17.6 Å². The highest BCUT2D eigenvalue weighted by Crippen LogP contribution is 2.17. The summed E-state index contributed by atoms with van der Waals surface area (Å²) >= 11 is 0. The van der Waals surface area contributed by atoms with Gasteiger partial charge in [0.05, 0.1) is 5.60 Å². The van der Waals surface area contributed by atoms with E-state index in [4.69, 9.17) is 5.73 Å². The Labute approximate surface area is 114 Å². The minimum absolute atomic E-state index is 0.222. The first-order valence-corrected chi connectivity index (χ1v) is 6.87. The lowest BCUT2D eigenvalue weighted by Crippen LogP contribution is -2.35. The highest BCUT2D eigenvalue weighted by Gasteiger charge is 2.21. The number of hydrogen-bond donors (Lipinski definition) is 4. The molecule has 0 aliphatic rings. The van der Waals surface area contributed by atoms with E-state index in [1.165, 1.54) is 0 Å². The minimum Gasteiger partial charge on any atom is -0.388 e. The Morgan fingerprint density at radius 3 is 2.26 bits per heavy atom. The zero-order valence-corrected chi connectivity index (χ0v) is 12.0. The van der Waals surface area contributed by atoms with E-state index < -0.39 is 5.60 Å². The summed E-state index contributed by atoms with van der Waals surface area (Å²) in [5, 5.41) is 16.5. The van der Waals surface area contributed by atoms with Gasteiger partial charge in [0.2, 0.25) is 5.95 Å². The molecule has 0 saturated carbocycles. The molecule has 0 bridgehead atoms. The van der Waals surface area contributed by atoms with Gasteiger partial charge in [0.25, 0.3) is 0 Å². The Bertz CT molecular complexity index is 393. The molecule has 5 N–H and O–H groups in total. The molecule has 0 atom stereocenters. The van der Waals surface area contributed by atoms with Crippen LogP contribution >= 0.6 is 0 Å². The van der Waals surface area contributed by atoms with Crippen LogP contribution in [0.5, 0.6) is 0 Å². The van der Waals surface area contributed by atoms with Gasteiger partial charge in [-0.15, -0.1) is 0 Å². The molecule has 0 aliphatic heterocycles. The normalized spacial score (nSPS) is 11.4. The van der Waals surface area contributed by atoms with Crippen LogP contribution in [0, 0.1) is 0 Å². The van der Waals surface area contributed by atoms with Gasteiger partial charge >= 0.3 is 0 Å². The van der Waals surface area contributed by atoms with Crippen LogP contribution in [-0.2, 0) is 0 Å². The second-order valence-corrected chi connectivity index (χ2v) is 4.71. The molecule has 0 radical (unpaired) electrons. The van der Waals surface area contributed by atoms with Crippen molar-refractivity contribution in [3.8, 4) is 0 Å². The van der Waals surface area contributed by atoms with Crippen molar-refractivity contribution in [2.75, 3.05) is 29.5 Å². The van der Waals surface area contributed by atoms with Gasteiger partial charge in [-0.3, -0.25) is 0 Å². The third kappa shape index (κ3) is 4.90. The van der Waals surface area contributed by atoms with Crippen LogP contribution in [0.2, 0.25) is 0 Å².